The molecule has 0 fully saturated rings. The van der Waals surface area contributed by atoms with Crippen LogP contribution in [0.1, 0.15) is 0 Å². The van der Waals surface area contributed by atoms with E-state index in [9.17, 15) is 16.7 Å². The van der Waals surface area contributed by atoms with Crippen LogP contribution in [0, 0.1) is 5.82 Å². The summed E-state index contributed by atoms with van der Waals surface area (Å²) < 4.78 is 56.2. The summed E-state index contributed by atoms with van der Waals surface area (Å²) in [6.07, 6.45) is 0. The first kappa shape index (κ1) is 9.20. The first-order valence-electron chi connectivity index (χ1n) is 3.53. The largest absolute Gasteiger partial charge is 0.454 e. The highest BCUT2D eigenvalue weighted by molar-refractivity contribution is 7.86. The molecule has 0 bridgehead atoms. The van der Waals surface area contributed by atoms with Gasteiger partial charge in [0.25, 0.3) is 0 Å². The predicted molar refractivity (Wildman–Crippen MR) is 40.8 cm³/mol. The van der Waals surface area contributed by atoms with Crippen molar-refractivity contribution in [2.75, 3.05) is 6.79 Å². The molecule has 1 aromatic rings. The normalized spacial score (nSPS) is 14.4. The van der Waals surface area contributed by atoms with Crippen LogP contribution in [0.25, 0.3) is 0 Å². The molecular weight excluding hydrogens is 218 g/mol. The molecule has 0 saturated heterocycles. The van der Waals surface area contributed by atoms with E-state index < -0.39 is 26.7 Å². The molecule has 2 rings (SSSR count). The molecule has 0 unspecified atom stereocenters. The van der Waals surface area contributed by atoms with E-state index in [0.717, 1.165) is 6.07 Å². The van der Waals surface area contributed by atoms with Gasteiger partial charge in [0.2, 0.25) is 6.79 Å². The third kappa shape index (κ3) is 1.29. The van der Waals surface area contributed by atoms with Crippen LogP contribution in [0.3, 0.4) is 0 Å². The minimum absolute atomic E-state index is 0.0163. The van der Waals surface area contributed by atoms with Gasteiger partial charge in [-0.1, -0.05) is 0 Å². The fourth-order valence-corrected chi connectivity index (χ4v) is 1.83. The number of ether oxygens (including phenoxy) is 2. The lowest BCUT2D eigenvalue weighted by molar-refractivity contribution is 0.171. The Morgan fingerprint density at radius 3 is 2.64 bits per heavy atom. The lowest BCUT2D eigenvalue weighted by Crippen LogP contribution is -1.99. The van der Waals surface area contributed by atoms with Crippen molar-refractivity contribution in [3.05, 3.63) is 17.9 Å². The quantitative estimate of drug-likeness (QED) is 0.670. The zero-order valence-electron chi connectivity index (χ0n) is 6.66. The van der Waals surface area contributed by atoms with Gasteiger partial charge in [0.15, 0.2) is 16.4 Å². The van der Waals surface area contributed by atoms with E-state index in [0.29, 0.717) is 0 Å². The number of rotatable bonds is 1. The standard InChI is InChI=1S/C7H4F2O4S/c8-4-1-2-5-6(13-3-12-5)7(4)14(9,10)11/h1-2H,3H2. The SMILES string of the molecule is O=S(=O)(F)c1c(F)ccc2c1OCO2. The van der Waals surface area contributed by atoms with Crippen LogP contribution >= 0.6 is 0 Å². The van der Waals surface area contributed by atoms with Crippen LogP contribution in [-0.2, 0) is 10.2 Å². The van der Waals surface area contributed by atoms with Gasteiger partial charge in [-0.15, -0.1) is 3.89 Å². The van der Waals surface area contributed by atoms with Crippen molar-refractivity contribution in [2.24, 2.45) is 0 Å². The van der Waals surface area contributed by atoms with Gasteiger partial charge >= 0.3 is 10.2 Å². The molecule has 0 amide bonds. The Hall–Kier alpha value is -1.37. The minimum atomic E-state index is -5.14. The molecule has 0 radical (unpaired) electrons. The second kappa shape index (κ2) is 2.81. The van der Waals surface area contributed by atoms with Gasteiger partial charge in [0.1, 0.15) is 5.82 Å². The lowest BCUT2D eigenvalue weighted by Gasteiger charge is -2.01. The highest BCUT2D eigenvalue weighted by Crippen LogP contribution is 2.40. The van der Waals surface area contributed by atoms with Crippen LogP contribution in [-0.4, -0.2) is 15.2 Å². The van der Waals surface area contributed by atoms with Gasteiger partial charge in [-0.05, 0) is 12.1 Å². The molecule has 1 aromatic carbocycles. The number of hydrogen-bond donors (Lipinski definition) is 0. The molecule has 1 aliphatic rings. The molecule has 0 N–H and O–H groups in total. The second-order valence-electron chi connectivity index (χ2n) is 2.55. The Balaban J connectivity index is 2.76. The summed E-state index contributed by atoms with van der Waals surface area (Å²) in [5.41, 5.74) is 0. The molecule has 7 heteroatoms. The summed E-state index contributed by atoms with van der Waals surface area (Å²) in [6, 6.07) is 1.98. The van der Waals surface area contributed by atoms with Crippen LogP contribution in [0.2, 0.25) is 0 Å². The molecule has 0 spiro atoms. The zero-order valence-corrected chi connectivity index (χ0v) is 7.48. The van der Waals surface area contributed by atoms with Gasteiger partial charge in [-0.25, -0.2) is 4.39 Å². The van der Waals surface area contributed by atoms with E-state index in [2.05, 4.69) is 4.74 Å². The number of hydrogen-bond acceptors (Lipinski definition) is 4. The Morgan fingerprint density at radius 2 is 2.00 bits per heavy atom. The average Bonchev–Trinajstić information content (AvgIpc) is 2.48. The number of benzene rings is 1. The molecule has 0 aliphatic carbocycles. The van der Waals surface area contributed by atoms with Crippen molar-refractivity contribution in [1.82, 2.24) is 0 Å². The molecule has 0 saturated carbocycles. The van der Waals surface area contributed by atoms with E-state index in [1.54, 1.807) is 0 Å². The van der Waals surface area contributed by atoms with Gasteiger partial charge in [0.05, 0.1) is 0 Å². The maximum absolute atomic E-state index is 13.0. The second-order valence-corrected chi connectivity index (χ2v) is 3.83. The van der Waals surface area contributed by atoms with Gasteiger partial charge in [-0.2, -0.15) is 8.42 Å². The van der Waals surface area contributed by atoms with Crippen molar-refractivity contribution in [1.29, 1.82) is 0 Å². The highest BCUT2D eigenvalue weighted by Gasteiger charge is 2.30. The number of halogens is 2. The molecule has 0 aromatic heterocycles. The zero-order chi connectivity index (χ0) is 10.3. The predicted octanol–water partition coefficient (Wildman–Crippen LogP) is 1.21. The lowest BCUT2D eigenvalue weighted by atomic mass is 10.3. The first-order valence-corrected chi connectivity index (χ1v) is 4.91. The van der Waals surface area contributed by atoms with Crippen molar-refractivity contribution in [3.63, 3.8) is 0 Å². The van der Waals surface area contributed by atoms with Crippen molar-refractivity contribution < 1.29 is 26.2 Å². The average molecular weight is 222 g/mol. The molecule has 0 atom stereocenters. The van der Waals surface area contributed by atoms with E-state index in [1.807, 2.05) is 0 Å². The Kier molecular flexibility index (Phi) is 1.84. The summed E-state index contributed by atoms with van der Waals surface area (Å²) in [5, 5.41) is 0. The summed E-state index contributed by atoms with van der Waals surface area (Å²) in [4.78, 5) is -1.10. The smallest absolute Gasteiger partial charge is 0.338 e. The summed E-state index contributed by atoms with van der Waals surface area (Å²) in [6.45, 7) is -0.249. The third-order valence-electron chi connectivity index (χ3n) is 1.69. The molecule has 1 heterocycles. The van der Waals surface area contributed by atoms with Crippen LogP contribution in [0.15, 0.2) is 17.0 Å². The van der Waals surface area contributed by atoms with Gasteiger partial charge < -0.3 is 9.47 Å². The van der Waals surface area contributed by atoms with Crippen molar-refractivity contribution in [2.45, 2.75) is 4.90 Å². The topological polar surface area (TPSA) is 52.6 Å². The van der Waals surface area contributed by atoms with Crippen molar-refractivity contribution >= 4 is 10.2 Å². The van der Waals surface area contributed by atoms with Gasteiger partial charge in [-0.3, -0.25) is 0 Å². The summed E-state index contributed by atoms with van der Waals surface area (Å²) in [7, 11) is -5.14. The molecular formula is C7H4F2O4S. The van der Waals surface area contributed by atoms with Crippen molar-refractivity contribution in [3.8, 4) is 11.5 Å². The van der Waals surface area contributed by atoms with Gasteiger partial charge in [0, 0.05) is 0 Å². The van der Waals surface area contributed by atoms with E-state index in [4.69, 9.17) is 4.74 Å². The molecule has 14 heavy (non-hydrogen) atoms. The molecule has 4 nitrogen and oxygen atoms in total. The number of fused-ring (bicyclic) bond motifs is 1. The molecule has 76 valence electrons. The Bertz CT molecular complexity index is 483. The molecule has 1 aliphatic heterocycles. The van der Waals surface area contributed by atoms with E-state index in [1.165, 1.54) is 6.07 Å². The summed E-state index contributed by atoms with van der Waals surface area (Å²) >= 11 is 0. The highest BCUT2D eigenvalue weighted by atomic mass is 32.3. The monoisotopic (exact) mass is 222 g/mol. The fourth-order valence-electron chi connectivity index (χ4n) is 1.15. The van der Waals surface area contributed by atoms with E-state index >= 15 is 0 Å². The minimum Gasteiger partial charge on any atom is -0.454 e. The Labute approximate surface area is 78.3 Å². The third-order valence-corrected chi connectivity index (χ3v) is 2.56. The maximum atomic E-state index is 13.0. The van der Waals surface area contributed by atoms with Crippen LogP contribution in [0.5, 0.6) is 11.5 Å². The summed E-state index contributed by atoms with van der Waals surface area (Å²) in [5.74, 6) is -1.59. The first-order chi connectivity index (χ1) is 6.50. The fraction of sp³-hybridized carbons (Fsp3) is 0.143. The maximum Gasteiger partial charge on any atom is 0.338 e. The van der Waals surface area contributed by atoms with E-state index in [-0.39, 0.29) is 12.5 Å². The van der Waals surface area contributed by atoms with Crippen LogP contribution < -0.4 is 9.47 Å². The van der Waals surface area contributed by atoms with Crippen LogP contribution in [0.4, 0.5) is 8.28 Å². The Morgan fingerprint density at radius 1 is 1.29 bits per heavy atom.